The van der Waals surface area contributed by atoms with E-state index in [-0.39, 0.29) is 36.7 Å². The lowest BCUT2D eigenvalue weighted by molar-refractivity contribution is -0.135. The Hall–Kier alpha value is -2.58. The Labute approximate surface area is 212 Å². The minimum atomic E-state index is -0.222. The molecule has 1 saturated heterocycles. The van der Waals surface area contributed by atoms with E-state index in [4.69, 9.17) is 9.47 Å². The molecular formula is C27H37N3O4S. The third-order valence-corrected chi connectivity index (χ3v) is 7.61. The van der Waals surface area contributed by atoms with Gasteiger partial charge in [0, 0.05) is 30.6 Å². The van der Waals surface area contributed by atoms with Crippen molar-refractivity contribution < 1.29 is 19.1 Å². The Kier molecular flexibility index (Phi) is 8.34. The molecule has 3 amide bonds. The second-order valence-corrected chi connectivity index (χ2v) is 10.9. The molecule has 1 N–H and O–H groups in total. The van der Waals surface area contributed by atoms with Gasteiger partial charge in [0.05, 0.1) is 12.1 Å². The molecule has 0 radical (unpaired) electrons. The first-order valence-electron chi connectivity index (χ1n) is 12.5. The summed E-state index contributed by atoms with van der Waals surface area (Å²) in [5.41, 5.74) is 3.42. The third kappa shape index (κ3) is 6.35. The second-order valence-electron chi connectivity index (χ2n) is 9.85. The number of nitrogens with zero attached hydrogens (tertiary/aromatic N) is 2. The van der Waals surface area contributed by atoms with E-state index in [1.165, 1.54) is 10.4 Å². The predicted molar refractivity (Wildman–Crippen MR) is 138 cm³/mol. The average Bonchev–Trinajstić information content (AvgIpc) is 3.49. The zero-order valence-electron chi connectivity index (χ0n) is 21.2. The van der Waals surface area contributed by atoms with Crippen LogP contribution in [0.5, 0.6) is 5.75 Å². The van der Waals surface area contributed by atoms with Crippen molar-refractivity contribution in [1.82, 2.24) is 15.1 Å². The topological polar surface area (TPSA) is 71.1 Å². The first-order chi connectivity index (χ1) is 16.8. The summed E-state index contributed by atoms with van der Waals surface area (Å²) in [5.74, 6) is 0.773. The fourth-order valence-electron chi connectivity index (χ4n) is 4.85. The molecular weight excluding hydrogens is 462 g/mol. The van der Waals surface area contributed by atoms with Gasteiger partial charge in [-0.15, -0.1) is 11.3 Å². The summed E-state index contributed by atoms with van der Waals surface area (Å²) in [6.07, 6.45) is 2.70. The molecule has 4 rings (SSSR count). The standard InChI is InChI=1S/C27H37N3O4S/c1-18(2)28-27(32)29(15-21-6-5-12-33-21)16-26(31)30-11-9-25-22(10-13-35-25)23(30)17-34-24-8-7-19(3)14-20(24)4/h7-8,10,13-14,18,21,23H,5-6,9,11-12,15-17H2,1-4H3,(H,28,32). The van der Waals surface area contributed by atoms with Gasteiger partial charge >= 0.3 is 6.03 Å². The fourth-order valence-corrected chi connectivity index (χ4v) is 5.78. The monoisotopic (exact) mass is 499 g/mol. The van der Waals surface area contributed by atoms with Crippen molar-refractivity contribution in [2.45, 2.75) is 65.1 Å². The van der Waals surface area contributed by atoms with Crippen LogP contribution in [0.2, 0.25) is 0 Å². The van der Waals surface area contributed by atoms with E-state index in [2.05, 4.69) is 29.8 Å². The molecule has 0 saturated carbocycles. The van der Waals surface area contributed by atoms with E-state index >= 15 is 0 Å². The molecule has 2 unspecified atom stereocenters. The highest BCUT2D eigenvalue weighted by Gasteiger charge is 2.34. The normalized spacial score (nSPS) is 19.5. The van der Waals surface area contributed by atoms with Crippen molar-refractivity contribution in [2.24, 2.45) is 0 Å². The van der Waals surface area contributed by atoms with Crippen LogP contribution in [0.4, 0.5) is 4.79 Å². The summed E-state index contributed by atoms with van der Waals surface area (Å²) in [6.45, 7) is 10.1. The number of ether oxygens (including phenoxy) is 2. The van der Waals surface area contributed by atoms with Gasteiger partial charge in [-0.05, 0) is 75.6 Å². The van der Waals surface area contributed by atoms with Crippen molar-refractivity contribution >= 4 is 23.3 Å². The van der Waals surface area contributed by atoms with Crippen molar-refractivity contribution in [2.75, 3.05) is 32.8 Å². The van der Waals surface area contributed by atoms with Crippen molar-refractivity contribution in [3.8, 4) is 5.75 Å². The number of amides is 3. The van der Waals surface area contributed by atoms with Crippen LogP contribution in [-0.2, 0) is 16.0 Å². The maximum atomic E-state index is 13.6. The smallest absolute Gasteiger partial charge is 0.318 e. The Morgan fingerprint density at radius 2 is 2.11 bits per heavy atom. The van der Waals surface area contributed by atoms with Crippen LogP contribution >= 0.6 is 11.3 Å². The number of thiophene rings is 1. The largest absolute Gasteiger partial charge is 0.491 e. The summed E-state index contributed by atoms with van der Waals surface area (Å²) < 4.78 is 12.0. The van der Waals surface area contributed by atoms with E-state index in [9.17, 15) is 9.59 Å². The van der Waals surface area contributed by atoms with Crippen LogP contribution in [0.25, 0.3) is 0 Å². The minimum Gasteiger partial charge on any atom is -0.491 e. The Bertz CT molecular complexity index is 1030. The van der Waals surface area contributed by atoms with Gasteiger partial charge in [0.1, 0.15) is 18.9 Å². The number of nitrogens with one attached hydrogen (secondary N) is 1. The van der Waals surface area contributed by atoms with Gasteiger partial charge in [-0.1, -0.05) is 17.7 Å². The molecule has 2 atom stereocenters. The van der Waals surface area contributed by atoms with Gasteiger partial charge in [0.15, 0.2) is 0 Å². The van der Waals surface area contributed by atoms with Crippen LogP contribution in [0.3, 0.4) is 0 Å². The van der Waals surface area contributed by atoms with Gasteiger partial charge in [-0.3, -0.25) is 4.79 Å². The van der Waals surface area contributed by atoms with Gasteiger partial charge in [0.2, 0.25) is 5.91 Å². The average molecular weight is 500 g/mol. The lowest BCUT2D eigenvalue weighted by atomic mass is 10.00. The summed E-state index contributed by atoms with van der Waals surface area (Å²) in [4.78, 5) is 31.4. The summed E-state index contributed by atoms with van der Waals surface area (Å²) >= 11 is 1.73. The lowest BCUT2D eigenvalue weighted by Crippen LogP contribution is -2.52. The first kappa shape index (κ1) is 25.5. The molecule has 2 aliphatic heterocycles. The summed E-state index contributed by atoms with van der Waals surface area (Å²) in [7, 11) is 0. The molecule has 3 heterocycles. The van der Waals surface area contributed by atoms with Gasteiger partial charge in [-0.2, -0.15) is 0 Å². The van der Waals surface area contributed by atoms with Gasteiger partial charge < -0.3 is 24.6 Å². The van der Waals surface area contributed by atoms with Crippen molar-refractivity contribution in [3.05, 3.63) is 51.2 Å². The summed E-state index contributed by atoms with van der Waals surface area (Å²) in [6, 6.07) is 7.82. The number of hydrogen-bond donors (Lipinski definition) is 1. The number of benzene rings is 1. The van der Waals surface area contributed by atoms with E-state index in [1.807, 2.05) is 37.8 Å². The SMILES string of the molecule is Cc1ccc(OCC2c3ccsc3CCN2C(=O)CN(CC2CCCO2)C(=O)NC(C)C)c(C)c1. The van der Waals surface area contributed by atoms with Crippen molar-refractivity contribution in [3.63, 3.8) is 0 Å². The number of carbonyl (C=O) groups excluding carboxylic acids is 2. The van der Waals surface area contributed by atoms with E-state index in [0.717, 1.165) is 36.1 Å². The van der Waals surface area contributed by atoms with Crippen molar-refractivity contribution in [1.29, 1.82) is 0 Å². The molecule has 1 aromatic carbocycles. The quantitative estimate of drug-likeness (QED) is 0.582. The van der Waals surface area contributed by atoms with Crippen LogP contribution in [0.15, 0.2) is 29.6 Å². The molecule has 190 valence electrons. The maximum Gasteiger partial charge on any atom is 0.318 e. The zero-order valence-corrected chi connectivity index (χ0v) is 22.0. The molecule has 0 bridgehead atoms. The van der Waals surface area contributed by atoms with E-state index in [0.29, 0.717) is 26.3 Å². The Morgan fingerprint density at radius 3 is 2.83 bits per heavy atom. The Morgan fingerprint density at radius 1 is 1.29 bits per heavy atom. The second kappa shape index (κ2) is 11.4. The highest BCUT2D eigenvalue weighted by atomic mass is 32.1. The highest BCUT2D eigenvalue weighted by molar-refractivity contribution is 7.10. The first-order valence-corrected chi connectivity index (χ1v) is 13.4. The predicted octanol–water partition coefficient (Wildman–Crippen LogP) is 4.47. The number of urea groups is 1. The maximum absolute atomic E-state index is 13.6. The van der Waals surface area contributed by atoms with E-state index in [1.54, 1.807) is 16.2 Å². The number of carbonyl (C=O) groups is 2. The Balaban J connectivity index is 1.50. The number of hydrogen-bond acceptors (Lipinski definition) is 5. The van der Waals surface area contributed by atoms with Crippen LogP contribution in [0.1, 0.15) is 54.3 Å². The van der Waals surface area contributed by atoms with Gasteiger partial charge in [-0.25, -0.2) is 4.79 Å². The molecule has 1 fully saturated rings. The van der Waals surface area contributed by atoms with Crippen LogP contribution in [-0.4, -0.2) is 66.7 Å². The summed E-state index contributed by atoms with van der Waals surface area (Å²) in [5, 5.41) is 5.03. The molecule has 2 aromatic rings. The molecule has 7 nitrogen and oxygen atoms in total. The molecule has 1 aromatic heterocycles. The highest BCUT2D eigenvalue weighted by Crippen LogP contribution is 2.34. The lowest BCUT2D eigenvalue weighted by Gasteiger charge is -2.37. The molecule has 8 heteroatoms. The number of aryl methyl sites for hydroxylation is 2. The van der Waals surface area contributed by atoms with Crippen LogP contribution < -0.4 is 10.1 Å². The molecule has 35 heavy (non-hydrogen) atoms. The number of fused-ring (bicyclic) bond motifs is 1. The molecule has 0 spiro atoms. The van der Waals surface area contributed by atoms with E-state index < -0.39 is 0 Å². The molecule has 0 aliphatic carbocycles. The third-order valence-electron chi connectivity index (χ3n) is 6.62. The van der Waals surface area contributed by atoms with Gasteiger partial charge in [0.25, 0.3) is 0 Å². The molecule has 2 aliphatic rings. The fraction of sp³-hybridized carbons (Fsp3) is 0.556. The van der Waals surface area contributed by atoms with Crippen LogP contribution in [0, 0.1) is 13.8 Å². The zero-order chi connectivity index (χ0) is 24.9. The minimum absolute atomic E-state index is 0.00755. The number of rotatable bonds is 8.